The van der Waals surface area contributed by atoms with Gasteiger partial charge in [-0.1, -0.05) is 6.07 Å². The second kappa shape index (κ2) is 8.50. The zero-order chi connectivity index (χ0) is 13.4. The summed E-state index contributed by atoms with van der Waals surface area (Å²) in [4.78, 5) is 11.7. The van der Waals surface area contributed by atoms with E-state index in [0.717, 1.165) is 17.9 Å². The van der Waals surface area contributed by atoms with E-state index in [0.29, 0.717) is 6.54 Å². The van der Waals surface area contributed by atoms with Crippen molar-refractivity contribution in [2.24, 2.45) is 0 Å². The van der Waals surface area contributed by atoms with Gasteiger partial charge in [-0.2, -0.15) is 11.8 Å². The summed E-state index contributed by atoms with van der Waals surface area (Å²) in [7, 11) is 0. The molecule has 6 heteroatoms. The van der Waals surface area contributed by atoms with E-state index in [2.05, 4.69) is 21.2 Å². The molecule has 1 aromatic carbocycles. The Kier molecular flexibility index (Phi) is 7.31. The Labute approximate surface area is 118 Å². The maximum Gasteiger partial charge on any atom is 0.254 e. The second-order valence-corrected chi connectivity index (χ2v) is 5.63. The molecular weight excluding hydrogens is 321 g/mol. The molecule has 2 N–H and O–H groups in total. The summed E-state index contributed by atoms with van der Waals surface area (Å²) in [5.74, 6) is 0.665. The van der Waals surface area contributed by atoms with Gasteiger partial charge in [0.2, 0.25) is 0 Å². The van der Waals surface area contributed by atoms with E-state index >= 15 is 0 Å². The lowest BCUT2D eigenvalue weighted by molar-refractivity contribution is 0.0952. The first-order valence-corrected chi connectivity index (χ1v) is 7.52. The highest BCUT2D eigenvalue weighted by Crippen LogP contribution is 2.18. The summed E-state index contributed by atoms with van der Waals surface area (Å²) in [6.45, 7) is 0.670. The zero-order valence-electron chi connectivity index (χ0n) is 9.79. The summed E-state index contributed by atoms with van der Waals surface area (Å²) in [6.07, 6.45) is 0.749. The molecule has 0 aliphatic rings. The van der Waals surface area contributed by atoms with Gasteiger partial charge in [-0.15, -0.1) is 0 Å². The van der Waals surface area contributed by atoms with E-state index in [-0.39, 0.29) is 16.6 Å². The van der Waals surface area contributed by atoms with E-state index in [1.54, 1.807) is 23.9 Å². The predicted octanol–water partition coefficient (Wildman–Crippen LogP) is 2.43. The Hall–Kier alpha value is -0.590. The van der Waals surface area contributed by atoms with Gasteiger partial charge in [0.15, 0.2) is 0 Å². The molecule has 0 saturated carbocycles. The van der Waals surface area contributed by atoms with Crippen molar-refractivity contribution in [1.82, 2.24) is 5.32 Å². The van der Waals surface area contributed by atoms with Crippen LogP contribution in [0.3, 0.4) is 0 Å². The molecule has 0 unspecified atom stereocenters. The number of aliphatic hydroxyl groups is 1. The Morgan fingerprint density at radius 2 is 2.22 bits per heavy atom. The molecule has 18 heavy (non-hydrogen) atoms. The number of hydrogen-bond donors (Lipinski definition) is 2. The Morgan fingerprint density at radius 3 is 2.94 bits per heavy atom. The molecule has 0 spiro atoms. The quantitative estimate of drug-likeness (QED) is 0.752. The van der Waals surface area contributed by atoms with Gasteiger partial charge in [-0.3, -0.25) is 4.79 Å². The molecule has 3 nitrogen and oxygen atoms in total. The van der Waals surface area contributed by atoms with Crippen LogP contribution in [0.15, 0.2) is 22.7 Å². The zero-order valence-corrected chi connectivity index (χ0v) is 12.2. The Balaban J connectivity index is 2.35. The average molecular weight is 336 g/mol. The first-order chi connectivity index (χ1) is 8.66. The van der Waals surface area contributed by atoms with Gasteiger partial charge < -0.3 is 10.4 Å². The molecule has 0 atom stereocenters. The number of carbonyl (C=O) groups excluding carboxylic acids is 1. The van der Waals surface area contributed by atoms with Crippen LogP contribution in [0.1, 0.15) is 16.8 Å². The third kappa shape index (κ3) is 4.96. The number of aliphatic hydroxyl groups excluding tert-OH is 1. The van der Waals surface area contributed by atoms with Crippen LogP contribution in [-0.2, 0) is 0 Å². The highest BCUT2D eigenvalue weighted by molar-refractivity contribution is 9.10. The second-order valence-electron chi connectivity index (χ2n) is 3.55. The minimum Gasteiger partial charge on any atom is -0.396 e. The lowest BCUT2D eigenvalue weighted by atomic mass is 10.2. The maximum absolute atomic E-state index is 13.6. The molecule has 1 aromatic rings. The molecule has 0 heterocycles. The van der Waals surface area contributed by atoms with Crippen molar-refractivity contribution in [3.05, 3.63) is 34.1 Å². The lowest BCUT2D eigenvalue weighted by Crippen LogP contribution is -2.26. The van der Waals surface area contributed by atoms with E-state index in [1.165, 1.54) is 6.07 Å². The number of thioether (sulfide) groups is 1. The van der Waals surface area contributed by atoms with E-state index in [9.17, 15) is 9.18 Å². The van der Waals surface area contributed by atoms with Gasteiger partial charge in [0.05, 0.1) is 10.0 Å². The van der Waals surface area contributed by atoms with Gasteiger partial charge in [-0.25, -0.2) is 4.39 Å². The van der Waals surface area contributed by atoms with Crippen LogP contribution < -0.4 is 5.32 Å². The molecule has 0 aliphatic heterocycles. The van der Waals surface area contributed by atoms with Crippen LogP contribution in [0, 0.1) is 5.82 Å². The summed E-state index contributed by atoms with van der Waals surface area (Å²) in [5, 5.41) is 11.2. The van der Waals surface area contributed by atoms with E-state index in [4.69, 9.17) is 5.11 Å². The lowest BCUT2D eigenvalue weighted by Gasteiger charge is -2.06. The van der Waals surface area contributed by atoms with E-state index < -0.39 is 11.7 Å². The van der Waals surface area contributed by atoms with Crippen LogP contribution in [0.25, 0.3) is 0 Å². The van der Waals surface area contributed by atoms with Crippen molar-refractivity contribution < 1.29 is 14.3 Å². The molecule has 1 rings (SSSR count). The van der Waals surface area contributed by atoms with Crippen molar-refractivity contribution in [2.45, 2.75) is 6.42 Å². The highest BCUT2D eigenvalue weighted by Gasteiger charge is 2.12. The first kappa shape index (κ1) is 15.5. The predicted molar refractivity (Wildman–Crippen MR) is 75.5 cm³/mol. The Morgan fingerprint density at radius 1 is 1.44 bits per heavy atom. The summed E-state index contributed by atoms with van der Waals surface area (Å²) in [5.41, 5.74) is 0.0460. The fraction of sp³-hybridized carbons (Fsp3) is 0.417. The monoisotopic (exact) mass is 335 g/mol. The molecule has 0 fully saturated rings. The molecule has 0 aliphatic carbocycles. The van der Waals surface area contributed by atoms with Crippen molar-refractivity contribution in [2.75, 3.05) is 24.7 Å². The first-order valence-electron chi connectivity index (χ1n) is 5.57. The van der Waals surface area contributed by atoms with Crippen molar-refractivity contribution >= 4 is 33.6 Å². The van der Waals surface area contributed by atoms with Crippen LogP contribution in [0.2, 0.25) is 0 Å². The number of halogens is 2. The number of nitrogens with one attached hydrogen (secondary N) is 1. The summed E-state index contributed by atoms with van der Waals surface area (Å²) in [6, 6.07) is 4.63. The van der Waals surface area contributed by atoms with Crippen molar-refractivity contribution in [1.29, 1.82) is 0 Å². The third-order valence-corrected chi connectivity index (χ3v) is 3.86. The van der Waals surface area contributed by atoms with Crippen LogP contribution >= 0.6 is 27.7 Å². The number of rotatable bonds is 7. The topological polar surface area (TPSA) is 49.3 Å². The molecule has 100 valence electrons. The minimum atomic E-state index is -0.539. The third-order valence-electron chi connectivity index (χ3n) is 2.17. The van der Waals surface area contributed by atoms with Crippen LogP contribution in [0.4, 0.5) is 4.39 Å². The molecule has 0 aromatic heterocycles. The smallest absolute Gasteiger partial charge is 0.254 e. The normalized spacial score (nSPS) is 10.4. The Bertz CT molecular complexity index is 404. The van der Waals surface area contributed by atoms with Gasteiger partial charge in [0.25, 0.3) is 5.91 Å². The minimum absolute atomic E-state index is 0.0460. The van der Waals surface area contributed by atoms with Crippen LogP contribution in [-0.4, -0.2) is 35.7 Å². The highest BCUT2D eigenvalue weighted by atomic mass is 79.9. The molecule has 0 radical (unpaired) electrons. The number of hydrogen-bond acceptors (Lipinski definition) is 3. The SMILES string of the molecule is O=C(NCCSCCCO)c1cccc(Br)c1F. The van der Waals surface area contributed by atoms with Crippen LogP contribution in [0.5, 0.6) is 0 Å². The molecule has 0 saturated heterocycles. The van der Waals surface area contributed by atoms with Gasteiger partial charge in [-0.05, 0) is 40.2 Å². The summed E-state index contributed by atoms with van der Waals surface area (Å²) >= 11 is 4.69. The molecular formula is C12H15BrFNO2S. The fourth-order valence-corrected chi connectivity index (χ4v) is 2.43. The standard InChI is InChI=1S/C12H15BrFNO2S/c13-10-4-1-3-9(11(10)14)12(17)15-5-8-18-7-2-6-16/h1,3-4,16H,2,5-8H2,(H,15,17). The van der Waals surface area contributed by atoms with Gasteiger partial charge in [0, 0.05) is 18.9 Å². The molecule has 1 amide bonds. The van der Waals surface area contributed by atoms with Gasteiger partial charge in [0.1, 0.15) is 5.82 Å². The summed E-state index contributed by atoms with van der Waals surface area (Å²) < 4.78 is 13.9. The van der Waals surface area contributed by atoms with Crippen molar-refractivity contribution in [3.63, 3.8) is 0 Å². The molecule has 0 bridgehead atoms. The fourth-order valence-electron chi connectivity index (χ4n) is 1.28. The van der Waals surface area contributed by atoms with E-state index in [1.807, 2.05) is 0 Å². The van der Waals surface area contributed by atoms with Gasteiger partial charge >= 0.3 is 0 Å². The maximum atomic E-state index is 13.6. The van der Waals surface area contributed by atoms with Crippen molar-refractivity contribution in [3.8, 4) is 0 Å². The average Bonchev–Trinajstić information content (AvgIpc) is 2.36. The number of carbonyl (C=O) groups is 1. The largest absolute Gasteiger partial charge is 0.396 e. The number of amides is 1. The number of benzene rings is 1.